The standard InChI is InChI=1S/C24H43N3O/c1-4-24(28)12-10-8-6-5-7-9-11-15-26-16-13-22(14-17-26)19-27-20-23(18-25-27)21(2)3/h18,20-22H,4-17,19H2,1-3H3. The molecule has 0 aromatic carbocycles. The van der Waals surface area contributed by atoms with Crippen molar-refractivity contribution >= 4 is 5.78 Å². The molecule has 1 fully saturated rings. The van der Waals surface area contributed by atoms with E-state index >= 15 is 0 Å². The van der Waals surface area contributed by atoms with E-state index in [0.717, 1.165) is 25.3 Å². The molecule has 160 valence electrons. The van der Waals surface area contributed by atoms with E-state index in [2.05, 4.69) is 34.7 Å². The normalized spacial score (nSPS) is 16.1. The van der Waals surface area contributed by atoms with Gasteiger partial charge in [0.2, 0.25) is 0 Å². The summed E-state index contributed by atoms with van der Waals surface area (Å²) in [5.41, 5.74) is 1.35. The van der Waals surface area contributed by atoms with E-state index in [4.69, 9.17) is 0 Å². The van der Waals surface area contributed by atoms with Crippen LogP contribution in [0.3, 0.4) is 0 Å². The van der Waals surface area contributed by atoms with Crippen LogP contribution in [0.2, 0.25) is 0 Å². The van der Waals surface area contributed by atoms with Gasteiger partial charge in [0.25, 0.3) is 0 Å². The Morgan fingerprint density at radius 3 is 2.32 bits per heavy atom. The van der Waals surface area contributed by atoms with Crippen LogP contribution in [0.4, 0.5) is 0 Å². The average Bonchev–Trinajstić information content (AvgIpc) is 3.16. The zero-order valence-electron chi connectivity index (χ0n) is 18.7. The number of hydrogen-bond donors (Lipinski definition) is 0. The quantitative estimate of drug-likeness (QED) is 0.376. The molecule has 0 N–H and O–H groups in total. The van der Waals surface area contributed by atoms with Crippen LogP contribution in [0.15, 0.2) is 12.4 Å². The Bertz CT molecular complexity index is 544. The predicted octanol–water partition coefficient (Wildman–Crippen LogP) is 5.82. The third-order valence-corrected chi connectivity index (χ3v) is 6.30. The van der Waals surface area contributed by atoms with Gasteiger partial charge in [0.05, 0.1) is 6.20 Å². The molecule has 0 radical (unpaired) electrons. The van der Waals surface area contributed by atoms with Gasteiger partial charge in [-0.3, -0.25) is 9.48 Å². The molecule has 2 rings (SSSR count). The molecule has 1 saturated heterocycles. The van der Waals surface area contributed by atoms with Crippen LogP contribution in [0.25, 0.3) is 0 Å². The molecule has 0 aliphatic carbocycles. The van der Waals surface area contributed by atoms with Gasteiger partial charge in [-0.25, -0.2) is 0 Å². The molecule has 1 aliphatic rings. The van der Waals surface area contributed by atoms with Crippen LogP contribution >= 0.6 is 0 Å². The second-order valence-electron chi connectivity index (χ2n) is 9.05. The first-order valence-electron chi connectivity index (χ1n) is 11.8. The van der Waals surface area contributed by atoms with Gasteiger partial charge in [-0.15, -0.1) is 0 Å². The molecule has 0 saturated carbocycles. The smallest absolute Gasteiger partial charge is 0.132 e. The topological polar surface area (TPSA) is 38.1 Å². The summed E-state index contributed by atoms with van der Waals surface area (Å²) < 4.78 is 2.16. The van der Waals surface area contributed by atoms with Gasteiger partial charge in [-0.2, -0.15) is 5.10 Å². The molecule has 0 unspecified atom stereocenters. The van der Waals surface area contributed by atoms with Crippen molar-refractivity contribution in [3.63, 3.8) is 0 Å². The summed E-state index contributed by atoms with van der Waals surface area (Å²) in [5.74, 6) is 1.78. The Balaban J connectivity index is 1.45. The third kappa shape index (κ3) is 8.89. The zero-order valence-corrected chi connectivity index (χ0v) is 18.7. The highest BCUT2D eigenvalue weighted by molar-refractivity contribution is 5.77. The van der Waals surface area contributed by atoms with Gasteiger partial charge in [-0.1, -0.05) is 52.9 Å². The number of aromatic nitrogens is 2. The van der Waals surface area contributed by atoms with Crippen molar-refractivity contribution in [1.29, 1.82) is 0 Å². The molecule has 28 heavy (non-hydrogen) atoms. The summed E-state index contributed by atoms with van der Waals surface area (Å²) in [6.45, 7) is 11.3. The molecule has 1 aromatic rings. The SMILES string of the molecule is CCC(=O)CCCCCCCCCN1CCC(Cn2cc(C(C)C)cn2)CC1. The summed E-state index contributed by atoms with van der Waals surface area (Å²) in [6, 6.07) is 0. The van der Waals surface area contributed by atoms with Gasteiger partial charge in [0.1, 0.15) is 5.78 Å². The minimum absolute atomic E-state index is 0.425. The number of hydrogen-bond acceptors (Lipinski definition) is 3. The number of ketones is 1. The highest BCUT2D eigenvalue weighted by Crippen LogP contribution is 2.21. The minimum Gasteiger partial charge on any atom is -0.303 e. The predicted molar refractivity (Wildman–Crippen MR) is 118 cm³/mol. The second-order valence-corrected chi connectivity index (χ2v) is 9.05. The molecule has 2 heterocycles. The third-order valence-electron chi connectivity index (χ3n) is 6.30. The first-order chi connectivity index (χ1) is 13.6. The number of unbranched alkanes of at least 4 members (excludes halogenated alkanes) is 6. The Hall–Kier alpha value is -1.16. The first kappa shape index (κ1) is 23.1. The van der Waals surface area contributed by atoms with Crippen LogP contribution in [0.1, 0.15) is 103 Å². The maximum Gasteiger partial charge on any atom is 0.132 e. The van der Waals surface area contributed by atoms with Crippen molar-refractivity contribution in [2.24, 2.45) is 5.92 Å². The van der Waals surface area contributed by atoms with Crippen molar-refractivity contribution in [1.82, 2.24) is 14.7 Å². The van der Waals surface area contributed by atoms with E-state index < -0.39 is 0 Å². The van der Waals surface area contributed by atoms with E-state index in [1.807, 2.05) is 13.1 Å². The Labute approximate surface area is 173 Å². The molecule has 1 aliphatic heterocycles. The van der Waals surface area contributed by atoms with Gasteiger partial charge in [-0.05, 0) is 62.7 Å². The van der Waals surface area contributed by atoms with E-state index in [1.54, 1.807) is 0 Å². The van der Waals surface area contributed by atoms with Gasteiger partial charge in [0, 0.05) is 25.6 Å². The lowest BCUT2D eigenvalue weighted by Gasteiger charge is -2.31. The fourth-order valence-electron chi connectivity index (χ4n) is 4.15. The number of piperidine rings is 1. The molecule has 4 heteroatoms. The van der Waals surface area contributed by atoms with E-state index in [1.165, 1.54) is 76.6 Å². The Morgan fingerprint density at radius 1 is 1.07 bits per heavy atom. The maximum absolute atomic E-state index is 11.3. The minimum atomic E-state index is 0.425. The highest BCUT2D eigenvalue weighted by Gasteiger charge is 2.19. The molecule has 0 amide bonds. The van der Waals surface area contributed by atoms with Crippen LogP contribution in [-0.4, -0.2) is 40.1 Å². The molecular formula is C24H43N3O. The number of likely N-dealkylation sites (tertiary alicyclic amines) is 1. The lowest BCUT2D eigenvalue weighted by molar-refractivity contribution is -0.118. The number of carbonyl (C=O) groups excluding carboxylic acids is 1. The highest BCUT2D eigenvalue weighted by atomic mass is 16.1. The fraction of sp³-hybridized carbons (Fsp3) is 0.833. The van der Waals surface area contributed by atoms with Crippen molar-refractivity contribution in [3.05, 3.63) is 18.0 Å². The van der Waals surface area contributed by atoms with Crippen molar-refractivity contribution < 1.29 is 4.79 Å². The Morgan fingerprint density at radius 2 is 1.71 bits per heavy atom. The van der Waals surface area contributed by atoms with E-state index in [9.17, 15) is 4.79 Å². The van der Waals surface area contributed by atoms with Crippen LogP contribution < -0.4 is 0 Å². The first-order valence-corrected chi connectivity index (χ1v) is 11.8. The lowest BCUT2D eigenvalue weighted by atomic mass is 9.96. The monoisotopic (exact) mass is 389 g/mol. The second kappa shape index (κ2) is 13.1. The molecular weight excluding hydrogens is 346 g/mol. The van der Waals surface area contributed by atoms with E-state index in [-0.39, 0.29) is 0 Å². The largest absolute Gasteiger partial charge is 0.303 e. The van der Waals surface area contributed by atoms with Crippen LogP contribution in [-0.2, 0) is 11.3 Å². The molecule has 0 bridgehead atoms. The molecule has 1 aromatic heterocycles. The van der Waals surface area contributed by atoms with Crippen molar-refractivity contribution in [3.8, 4) is 0 Å². The molecule has 0 atom stereocenters. The summed E-state index contributed by atoms with van der Waals surface area (Å²) in [5, 5.41) is 4.55. The Kier molecular flexibility index (Phi) is 10.8. The number of carbonyl (C=O) groups is 1. The van der Waals surface area contributed by atoms with Gasteiger partial charge in [0.15, 0.2) is 0 Å². The summed E-state index contributed by atoms with van der Waals surface area (Å²) in [4.78, 5) is 13.9. The maximum atomic E-state index is 11.3. The zero-order chi connectivity index (χ0) is 20.2. The van der Waals surface area contributed by atoms with E-state index in [0.29, 0.717) is 18.1 Å². The van der Waals surface area contributed by atoms with Gasteiger partial charge < -0.3 is 4.90 Å². The van der Waals surface area contributed by atoms with Crippen molar-refractivity contribution in [2.75, 3.05) is 19.6 Å². The van der Waals surface area contributed by atoms with Crippen LogP contribution in [0.5, 0.6) is 0 Å². The van der Waals surface area contributed by atoms with Crippen LogP contribution in [0, 0.1) is 5.92 Å². The number of nitrogens with zero attached hydrogens (tertiary/aromatic N) is 3. The average molecular weight is 390 g/mol. The van der Waals surface area contributed by atoms with Crippen molar-refractivity contribution in [2.45, 2.75) is 104 Å². The summed E-state index contributed by atoms with van der Waals surface area (Å²) in [7, 11) is 0. The van der Waals surface area contributed by atoms with Gasteiger partial charge >= 0.3 is 0 Å². The number of Topliss-reactive ketones (excluding diaryl/α,β-unsaturated/α-hetero) is 1. The molecule has 0 spiro atoms. The number of rotatable bonds is 14. The molecule has 4 nitrogen and oxygen atoms in total. The summed E-state index contributed by atoms with van der Waals surface area (Å²) >= 11 is 0. The summed E-state index contributed by atoms with van der Waals surface area (Å²) in [6.07, 6.45) is 17.4. The fourth-order valence-corrected chi connectivity index (χ4v) is 4.15. The lowest BCUT2D eigenvalue weighted by Crippen LogP contribution is -2.35.